The van der Waals surface area contributed by atoms with Gasteiger partial charge in [-0.3, -0.25) is 4.32 Å². The van der Waals surface area contributed by atoms with Crippen LogP contribution in [-0.2, 0) is 4.65 Å². The molecule has 0 aliphatic heterocycles. The van der Waals surface area contributed by atoms with Crippen LogP contribution < -0.4 is 0 Å². The van der Waals surface area contributed by atoms with Crippen LogP contribution in [0.2, 0.25) is 0 Å². The Balaban J connectivity index is 2.34. The van der Waals surface area contributed by atoms with E-state index in [0.717, 1.165) is 0 Å². The Hall–Kier alpha value is -0.0851. The molecule has 0 atom stereocenters. The fraction of sp³-hybridized carbons (Fsp3) is 1.00. The molecule has 0 saturated carbocycles. The molecule has 0 rings (SSSR count). The van der Waals surface area contributed by atoms with Crippen molar-refractivity contribution in [3.63, 3.8) is 0 Å². The normalized spacial score (nSPS) is 8.33. The molecule has 0 heterocycles. The third kappa shape index (κ3) is 3.91. The summed E-state index contributed by atoms with van der Waals surface area (Å²) in [6.45, 7) is -0.0135. The van der Waals surface area contributed by atoms with Crippen LogP contribution in [0.15, 0.2) is 0 Å². The SMILES string of the molecule is OCCOBF. The maximum atomic E-state index is 10.8. The van der Waals surface area contributed by atoms with E-state index in [1.54, 1.807) is 0 Å². The molecule has 0 aliphatic rings. The molecule has 0 bridgehead atoms. The van der Waals surface area contributed by atoms with Crippen LogP contribution in [0.3, 0.4) is 0 Å². The van der Waals surface area contributed by atoms with Crippen molar-refractivity contribution in [2.75, 3.05) is 13.2 Å². The minimum Gasteiger partial charge on any atom is -0.408 e. The highest BCUT2D eigenvalue weighted by Crippen LogP contribution is 1.65. The molecule has 0 fully saturated rings. The van der Waals surface area contributed by atoms with Gasteiger partial charge in [0.05, 0.1) is 13.2 Å². The summed E-state index contributed by atoms with van der Waals surface area (Å²) in [5.41, 5.74) is 0. The Morgan fingerprint density at radius 3 is 2.67 bits per heavy atom. The summed E-state index contributed by atoms with van der Waals surface area (Å²) in [7, 11) is -0.805. The van der Waals surface area contributed by atoms with Crippen molar-refractivity contribution in [1.29, 1.82) is 0 Å². The third-order valence-corrected chi connectivity index (χ3v) is 0.313. The lowest BCUT2D eigenvalue weighted by atomic mass is 10.5. The summed E-state index contributed by atoms with van der Waals surface area (Å²) in [4.78, 5) is 0. The second-order valence-corrected chi connectivity index (χ2v) is 0.741. The molecule has 1 N–H and O–H groups in total. The standard InChI is InChI=1S/C2H6BFO2/c4-3-6-2-1-5/h3,5H,1-2H2. The van der Waals surface area contributed by atoms with Gasteiger partial charge in [-0.1, -0.05) is 0 Å². The fourth-order valence-electron chi connectivity index (χ4n) is 0.119. The number of halogens is 1. The van der Waals surface area contributed by atoms with Gasteiger partial charge in [0.2, 0.25) is 0 Å². The van der Waals surface area contributed by atoms with E-state index in [2.05, 4.69) is 4.65 Å². The lowest BCUT2D eigenvalue weighted by molar-refractivity contribution is 0.198. The quantitative estimate of drug-likeness (QED) is 0.366. The zero-order chi connectivity index (χ0) is 4.83. The van der Waals surface area contributed by atoms with Gasteiger partial charge in [-0.25, -0.2) is 0 Å². The van der Waals surface area contributed by atoms with E-state index < -0.39 is 7.76 Å². The largest absolute Gasteiger partial charge is 0.482 e. The Morgan fingerprint density at radius 1 is 1.83 bits per heavy atom. The Kier molecular flexibility index (Phi) is 4.85. The molecule has 0 spiro atoms. The lowest BCUT2D eigenvalue weighted by Gasteiger charge is -1.87. The number of aliphatic hydroxyl groups is 1. The summed E-state index contributed by atoms with van der Waals surface area (Å²) in [6.07, 6.45) is 0. The van der Waals surface area contributed by atoms with E-state index in [1.165, 1.54) is 0 Å². The van der Waals surface area contributed by atoms with E-state index in [1.807, 2.05) is 0 Å². The van der Waals surface area contributed by atoms with Gasteiger partial charge in [0.15, 0.2) is 0 Å². The summed E-state index contributed by atoms with van der Waals surface area (Å²) in [5, 5.41) is 7.91. The van der Waals surface area contributed by atoms with E-state index in [4.69, 9.17) is 5.11 Å². The highest BCUT2D eigenvalue weighted by Gasteiger charge is 1.81. The van der Waals surface area contributed by atoms with E-state index in [0.29, 0.717) is 0 Å². The van der Waals surface area contributed by atoms with Gasteiger partial charge in [0, 0.05) is 0 Å². The summed E-state index contributed by atoms with van der Waals surface area (Å²) in [5.74, 6) is 0. The molecule has 6 heavy (non-hydrogen) atoms. The molecule has 36 valence electrons. The second kappa shape index (κ2) is 4.91. The van der Waals surface area contributed by atoms with E-state index in [9.17, 15) is 4.32 Å². The first-order chi connectivity index (χ1) is 2.91. The third-order valence-electron chi connectivity index (χ3n) is 0.313. The molecule has 0 aliphatic carbocycles. The number of rotatable bonds is 3. The molecule has 0 unspecified atom stereocenters. The summed E-state index contributed by atoms with van der Waals surface area (Å²) >= 11 is 0. The van der Waals surface area contributed by atoms with E-state index >= 15 is 0 Å². The van der Waals surface area contributed by atoms with E-state index in [-0.39, 0.29) is 13.2 Å². The average molecular weight is 91.9 g/mol. The van der Waals surface area contributed by atoms with Crippen LogP contribution in [0.1, 0.15) is 0 Å². The topological polar surface area (TPSA) is 29.5 Å². The van der Waals surface area contributed by atoms with Gasteiger partial charge in [-0.05, 0) is 0 Å². The first kappa shape index (κ1) is 5.91. The van der Waals surface area contributed by atoms with Crippen molar-refractivity contribution in [3.05, 3.63) is 0 Å². The molecule has 2 nitrogen and oxygen atoms in total. The van der Waals surface area contributed by atoms with Gasteiger partial charge in [-0.15, -0.1) is 0 Å². The van der Waals surface area contributed by atoms with Gasteiger partial charge < -0.3 is 9.76 Å². The Labute approximate surface area is 36.2 Å². The smallest absolute Gasteiger partial charge is 0.408 e. The summed E-state index contributed by atoms with van der Waals surface area (Å²) in [6, 6.07) is 0. The Morgan fingerprint density at radius 2 is 2.50 bits per heavy atom. The van der Waals surface area contributed by atoms with Crippen molar-refractivity contribution in [2.24, 2.45) is 0 Å². The molecule has 0 aromatic heterocycles. The second-order valence-electron chi connectivity index (χ2n) is 0.741. The van der Waals surface area contributed by atoms with Crippen molar-refractivity contribution in [1.82, 2.24) is 0 Å². The van der Waals surface area contributed by atoms with Crippen molar-refractivity contribution in [3.8, 4) is 0 Å². The molecule has 0 aromatic carbocycles. The predicted molar refractivity (Wildman–Crippen MR) is 21.3 cm³/mol. The number of hydrogen-bond acceptors (Lipinski definition) is 2. The highest BCUT2D eigenvalue weighted by atomic mass is 19.1. The zero-order valence-electron chi connectivity index (χ0n) is 3.35. The van der Waals surface area contributed by atoms with Gasteiger partial charge in [0.1, 0.15) is 0 Å². The number of hydrogen-bond donors (Lipinski definition) is 1. The first-order valence-corrected chi connectivity index (χ1v) is 1.66. The molecular formula is C2H6BFO2. The Bertz CT molecular complexity index is 23.5. The van der Waals surface area contributed by atoms with Gasteiger partial charge >= 0.3 is 7.76 Å². The molecular weight excluding hydrogens is 85.8 g/mol. The molecule has 0 saturated heterocycles. The lowest BCUT2D eigenvalue weighted by Crippen LogP contribution is -1.98. The zero-order valence-corrected chi connectivity index (χ0v) is 3.35. The van der Waals surface area contributed by atoms with Crippen LogP contribution in [-0.4, -0.2) is 26.1 Å². The van der Waals surface area contributed by atoms with Crippen LogP contribution in [0.4, 0.5) is 4.32 Å². The van der Waals surface area contributed by atoms with Gasteiger partial charge in [-0.2, -0.15) is 0 Å². The van der Waals surface area contributed by atoms with Crippen LogP contribution in [0.5, 0.6) is 0 Å². The minimum atomic E-state index is -0.805. The molecule has 4 heteroatoms. The number of aliphatic hydroxyl groups excluding tert-OH is 1. The maximum absolute atomic E-state index is 10.8. The van der Waals surface area contributed by atoms with Crippen LogP contribution in [0, 0.1) is 0 Å². The minimum absolute atomic E-state index is 0.0938. The van der Waals surface area contributed by atoms with Gasteiger partial charge in [0.25, 0.3) is 0 Å². The highest BCUT2D eigenvalue weighted by molar-refractivity contribution is 6.16. The first-order valence-electron chi connectivity index (χ1n) is 1.66. The molecule has 0 amide bonds. The van der Waals surface area contributed by atoms with Crippen molar-refractivity contribution >= 4 is 7.76 Å². The monoisotopic (exact) mass is 92.0 g/mol. The predicted octanol–water partition coefficient (Wildman–Crippen LogP) is -0.769. The fourth-order valence-corrected chi connectivity index (χ4v) is 0.119. The van der Waals surface area contributed by atoms with Crippen molar-refractivity contribution in [2.45, 2.75) is 0 Å². The van der Waals surface area contributed by atoms with Crippen LogP contribution in [0.25, 0.3) is 0 Å². The maximum Gasteiger partial charge on any atom is 0.482 e. The summed E-state index contributed by atoms with van der Waals surface area (Å²) < 4.78 is 14.9. The van der Waals surface area contributed by atoms with Crippen LogP contribution >= 0.6 is 0 Å². The molecule has 0 aromatic rings. The average Bonchev–Trinajstić information content (AvgIpc) is 1.61. The molecule has 0 radical (unpaired) electrons. The van der Waals surface area contributed by atoms with Crippen molar-refractivity contribution < 1.29 is 14.1 Å².